The number of rotatable bonds is 10. The predicted octanol–water partition coefficient (Wildman–Crippen LogP) is 3.38. The van der Waals surface area contributed by atoms with E-state index in [9.17, 15) is 9.90 Å². The van der Waals surface area contributed by atoms with Crippen LogP contribution in [0.15, 0.2) is 45.3 Å². The lowest BCUT2D eigenvalue weighted by Crippen LogP contribution is -2.34. The van der Waals surface area contributed by atoms with Gasteiger partial charge in [-0.05, 0) is 36.2 Å². The Kier molecular flexibility index (Phi) is 8.15. The summed E-state index contributed by atoms with van der Waals surface area (Å²) in [4.78, 5) is 12.1. The molecule has 0 aliphatic rings. The molecule has 1 aromatic carbocycles. The first-order valence-corrected chi connectivity index (χ1v) is 9.24. The van der Waals surface area contributed by atoms with Gasteiger partial charge in [0.15, 0.2) is 5.76 Å². The molecule has 1 aromatic heterocycles. The molecule has 26 heavy (non-hydrogen) atoms. The lowest BCUT2D eigenvalue weighted by molar-refractivity contribution is 0.0257. The first-order valence-electron chi connectivity index (χ1n) is 8.45. The minimum absolute atomic E-state index is 0.0987. The molecule has 0 radical (unpaired) electrons. The van der Waals surface area contributed by atoms with E-state index in [-0.39, 0.29) is 31.4 Å². The van der Waals surface area contributed by atoms with Gasteiger partial charge < -0.3 is 24.3 Å². The van der Waals surface area contributed by atoms with Crippen molar-refractivity contribution in [1.82, 2.24) is 5.32 Å². The van der Waals surface area contributed by atoms with Crippen LogP contribution in [-0.4, -0.2) is 36.9 Å². The molecular formula is C19H24BrNO5. The van der Waals surface area contributed by atoms with Crippen LogP contribution in [0.4, 0.5) is 0 Å². The van der Waals surface area contributed by atoms with Gasteiger partial charge >= 0.3 is 0 Å². The number of amides is 1. The summed E-state index contributed by atoms with van der Waals surface area (Å²) >= 11 is 3.38. The van der Waals surface area contributed by atoms with Crippen LogP contribution < -0.4 is 10.1 Å². The van der Waals surface area contributed by atoms with Gasteiger partial charge in [-0.3, -0.25) is 4.79 Å². The zero-order valence-electron chi connectivity index (χ0n) is 14.9. The summed E-state index contributed by atoms with van der Waals surface area (Å²) in [5.41, 5.74) is 0. The summed E-state index contributed by atoms with van der Waals surface area (Å²) in [6.07, 6.45) is -0.757. The largest absolute Gasteiger partial charge is 0.486 e. The molecule has 0 saturated carbocycles. The Hall–Kier alpha value is -1.83. The number of furan rings is 1. The summed E-state index contributed by atoms with van der Waals surface area (Å²) in [6, 6.07) is 10.7. The fourth-order valence-electron chi connectivity index (χ4n) is 2.09. The molecule has 0 bridgehead atoms. The summed E-state index contributed by atoms with van der Waals surface area (Å²) in [5, 5.41) is 12.4. The van der Waals surface area contributed by atoms with Gasteiger partial charge in [-0.25, -0.2) is 0 Å². The van der Waals surface area contributed by atoms with Crippen molar-refractivity contribution >= 4 is 21.8 Å². The van der Waals surface area contributed by atoms with E-state index in [0.717, 1.165) is 4.47 Å². The van der Waals surface area contributed by atoms with Gasteiger partial charge in [0.1, 0.15) is 18.1 Å². The Bertz CT molecular complexity index is 701. The minimum Gasteiger partial charge on any atom is -0.486 e. The van der Waals surface area contributed by atoms with E-state index in [1.807, 2.05) is 38.1 Å². The van der Waals surface area contributed by atoms with Gasteiger partial charge in [0.25, 0.3) is 5.91 Å². The average Bonchev–Trinajstić information content (AvgIpc) is 3.07. The van der Waals surface area contributed by atoms with Crippen molar-refractivity contribution in [3.05, 3.63) is 52.4 Å². The smallest absolute Gasteiger partial charge is 0.287 e. The molecule has 1 atom stereocenters. The molecule has 0 aliphatic carbocycles. The molecule has 0 fully saturated rings. The first kappa shape index (κ1) is 20.5. The lowest BCUT2D eigenvalue weighted by Gasteiger charge is -2.13. The number of ether oxygens (including phenoxy) is 2. The highest BCUT2D eigenvalue weighted by molar-refractivity contribution is 9.10. The molecule has 142 valence electrons. The average molecular weight is 426 g/mol. The first-order chi connectivity index (χ1) is 12.4. The van der Waals surface area contributed by atoms with Gasteiger partial charge in [-0.1, -0.05) is 35.8 Å². The molecule has 6 nitrogen and oxygen atoms in total. The topological polar surface area (TPSA) is 80.9 Å². The molecule has 1 unspecified atom stereocenters. The SMILES string of the molecule is CC(C)COCC(O)CNC(=O)c1ccc(COc2cccc(Br)c2)o1. The zero-order valence-corrected chi connectivity index (χ0v) is 16.5. The molecular weight excluding hydrogens is 402 g/mol. The number of carbonyl (C=O) groups excluding carboxylic acids is 1. The third kappa shape index (κ3) is 7.19. The maximum Gasteiger partial charge on any atom is 0.287 e. The Balaban J connectivity index is 1.74. The second kappa shape index (κ2) is 10.4. The second-order valence-corrected chi connectivity index (χ2v) is 7.22. The number of aliphatic hydroxyl groups is 1. The highest BCUT2D eigenvalue weighted by Crippen LogP contribution is 2.19. The normalized spacial score (nSPS) is 12.2. The molecule has 0 saturated heterocycles. The molecule has 0 aliphatic heterocycles. The van der Waals surface area contributed by atoms with Gasteiger partial charge in [-0.2, -0.15) is 0 Å². The van der Waals surface area contributed by atoms with Crippen molar-refractivity contribution < 1.29 is 23.8 Å². The Labute approximate surface area is 161 Å². The minimum atomic E-state index is -0.757. The number of hydrogen-bond donors (Lipinski definition) is 2. The summed E-state index contributed by atoms with van der Waals surface area (Å²) in [5.74, 6) is 1.43. The van der Waals surface area contributed by atoms with Crippen LogP contribution in [0.25, 0.3) is 0 Å². The monoisotopic (exact) mass is 425 g/mol. The van der Waals surface area contributed by atoms with Crippen LogP contribution in [-0.2, 0) is 11.3 Å². The fourth-order valence-corrected chi connectivity index (χ4v) is 2.46. The van der Waals surface area contributed by atoms with E-state index >= 15 is 0 Å². The number of benzene rings is 1. The molecule has 2 N–H and O–H groups in total. The van der Waals surface area contributed by atoms with Gasteiger partial charge in [0.05, 0.1) is 12.7 Å². The quantitative estimate of drug-likeness (QED) is 0.609. The maximum atomic E-state index is 12.1. The van der Waals surface area contributed by atoms with Crippen molar-refractivity contribution in [3.63, 3.8) is 0 Å². The Morgan fingerprint density at radius 2 is 2.08 bits per heavy atom. The number of carbonyl (C=O) groups is 1. The van der Waals surface area contributed by atoms with E-state index < -0.39 is 6.10 Å². The van der Waals surface area contributed by atoms with Crippen LogP contribution in [0.1, 0.15) is 30.2 Å². The molecule has 1 heterocycles. The van der Waals surface area contributed by atoms with Crippen molar-refractivity contribution in [3.8, 4) is 5.75 Å². The van der Waals surface area contributed by atoms with Gasteiger partial charge in [0.2, 0.25) is 0 Å². The Morgan fingerprint density at radius 3 is 2.81 bits per heavy atom. The van der Waals surface area contributed by atoms with E-state index in [1.54, 1.807) is 12.1 Å². The van der Waals surface area contributed by atoms with Crippen LogP contribution in [0, 0.1) is 5.92 Å². The third-order valence-electron chi connectivity index (χ3n) is 3.32. The predicted molar refractivity (Wildman–Crippen MR) is 101 cm³/mol. The van der Waals surface area contributed by atoms with Crippen molar-refractivity contribution in [2.75, 3.05) is 19.8 Å². The fraction of sp³-hybridized carbons (Fsp3) is 0.421. The van der Waals surface area contributed by atoms with Crippen molar-refractivity contribution in [2.45, 2.75) is 26.6 Å². The second-order valence-electron chi connectivity index (χ2n) is 6.31. The lowest BCUT2D eigenvalue weighted by atomic mass is 10.2. The zero-order chi connectivity index (χ0) is 18.9. The van der Waals surface area contributed by atoms with Crippen molar-refractivity contribution in [1.29, 1.82) is 0 Å². The van der Waals surface area contributed by atoms with E-state index in [4.69, 9.17) is 13.9 Å². The molecule has 2 rings (SSSR count). The maximum absolute atomic E-state index is 12.1. The highest BCUT2D eigenvalue weighted by atomic mass is 79.9. The summed E-state index contributed by atoms with van der Waals surface area (Å²) in [6.45, 7) is 5.13. The Morgan fingerprint density at radius 1 is 1.27 bits per heavy atom. The summed E-state index contributed by atoms with van der Waals surface area (Å²) in [7, 11) is 0. The number of hydrogen-bond acceptors (Lipinski definition) is 5. The van der Waals surface area contributed by atoms with Gasteiger partial charge in [0, 0.05) is 17.6 Å². The van der Waals surface area contributed by atoms with Crippen LogP contribution in [0.2, 0.25) is 0 Å². The molecule has 7 heteroatoms. The van der Waals surface area contributed by atoms with E-state index in [2.05, 4.69) is 21.2 Å². The summed E-state index contributed by atoms with van der Waals surface area (Å²) < 4.78 is 17.4. The highest BCUT2D eigenvalue weighted by Gasteiger charge is 2.13. The molecule has 0 spiro atoms. The third-order valence-corrected chi connectivity index (χ3v) is 3.82. The van der Waals surface area contributed by atoms with Crippen LogP contribution in [0.5, 0.6) is 5.75 Å². The van der Waals surface area contributed by atoms with Crippen molar-refractivity contribution in [2.24, 2.45) is 5.92 Å². The number of halogens is 1. The number of nitrogens with one attached hydrogen (secondary N) is 1. The standard InChI is InChI=1S/C19H24BrNO5/c1-13(2)10-24-11-15(22)9-21-19(23)18-7-6-17(26-18)12-25-16-5-3-4-14(20)8-16/h3-8,13,15,22H,9-12H2,1-2H3,(H,21,23). The van der Waals surface area contributed by atoms with E-state index in [0.29, 0.717) is 24.0 Å². The molecule has 2 aromatic rings. The molecule has 1 amide bonds. The van der Waals surface area contributed by atoms with Gasteiger partial charge in [-0.15, -0.1) is 0 Å². The van der Waals surface area contributed by atoms with Crippen LogP contribution >= 0.6 is 15.9 Å². The number of aliphatic hydroxyl groups excluding tert-OH is 1. The van der Waals surface area contributed by atoms with E-state index in [1.165, 1.54) is 0 Å². The van der Waals surface area contributed by atoms with Crippen LogP contribution in [0.3, 0.4) is 0 Å².